The first kappa shape index (κ1) is 14.0. The van der Waals surface area contributed by atoms with Crippen molar-refractivity contribution >= 4 is 38.6 Å². The summed E-state index contributed by atoms with van der Waals surface area (Å²) >= 11 is 4.95. The van der Waals surface area contributed by atoms with Gasteiger partial charge in [-0.25, -0.2) is 4.98 Å². The molecule has 2 aromatic carbocycles. The smallest absolute Gasteiger partial charge is 0.203 e. The van der Waals surface area contributed by atoms with Crippen LogP contribution in [0.1, 0.15) is 5.56 Å². The van der Waals surface area contributed by atoms with Crippen molar-refractivity contribution in [3.63, 3.8) is 0 Å². The Hall–Kier alpha value is -1.98. The third-order valence-corrected chi connectivity index (χ3v) is 4.09. The maximum atomic E-state index is 4.51. The fraction of sp³-hybridized carbons (Fsp3) is 0. The van der Waals surface area contributed by atoms with Crippen molar-refractivity contribution in [1.29, 1.82) is 0 Å². The van der Waals surface area contributed by atoms with Crippen LogP contribution < -0.4 is 5.43 Å². The molecule has 3 nitrogen and oxygen atoms in total. The first-order valence-corrected chi connectivity index (χ1v) is 8.04. The molecular formula is C16H12BrN3S. The van der Waals surface area contributed by atoms with E-state index in [4.69, 9.17) is 0 Å². The van der Waals surface area contributed by atoms with Crippen molar-refractivity contribution in [3.05, 3.63) is 70.0 Å². The van der Waals surface area contributed by atoms with Crippen molar-refractivity contribution in [1.82, 2.24) is 4.98 Å². The number of hydrogen-bond donors (Lipinski definition) is 1. The highest BCUT2D eigenvalue weighted by Crippen LogP contribution is 2.24. The first-order chi connectivity index (χ1) is 10.3. The molecule has 0 saturated carbocycles. The number of hydrogen-bond acceptors (Lipinski definition) is 4. The van der Waals surface area contributed by atoms with E-state index < -0.39 is 0 Å². The number of thiazole rings is 1. The number of halogens is 1. The van der Waals surface area contributed by atoms with Gasteiger partial charge in [-0.05, 0) is 17.7 Å². The second-order valence-corrected chi connectivity index (χ2v) is 6.10. The van der Waals surface area contributed by atoms with Crippen LogP contribution in [0.3, 0.4) is 0 Å². The number of aromatic nitrogens is 1. The van der Waals surface area contributed by atoms with Gasteiger partial charge in [-0.1, -0.05) is 58.4 Å². The molecule has 0 fully saturated rings. The molecule has 0 amide bonds. The molecule has 1 N–H and O–H groups in total. The zero-order valence-electron chi connectivity index (χ0n) is 11.0. The van der Waals surface area contributed by atoms with Crippen LogP contribution in [0.2, 0.25) is 0 Å². The molecule has 1 aromatic heterocycles. The number of nitrogens with one attached hydrogen (secondary N) is 1. The van der Waals surface area contributed by atoms with Gasteiger partial charge in [0.2, 0.25) is 5.13 Å². The van der Waals surface area contributed by atoms with E-state index in [2.05, 4.69) is 31.4 Å². The summed E-state index contributed by atoms with van der Waals surface area (Å²) in [5.41, 5.74) is 6.07. The number of rotatable bonds is 4. The third-order valence-electron chi connectivity index (χ3n) is 2.82. The van der Waals surface area contributed by atoms with Gasteiger partial charge in [0.15, 0.2) is 0 Å². The lowest BCUT2D eigenvalue weighted by atomic mass is 10.2. The zero-order chi connectivity index (χ0) is 14.5. The Morgan fingerprint density at radius 2 is 1.81 bits per heavy atom. The fourth-order valence-corrected chi connectivity index (χ4v) is 2.71. The maximum Gasteiger partial charge on any atom is 0.203 e. The topological polar surface area (TPSA) is 37.3 Å². The van der Waals surface area contributed by atoms with Crippen molar-refractivity contribution < 1.29 is 0 Å². The van der Waals surface area contributed by atoms with Crippen molar-refractivity contribution in [2.24, 2.45) is 5.10 Å². The molecule has 0 aliphatic heterocycles. The molecule has 0 atom stereocenters. The summed E-state index contributed by atoms with van der Waals surface area (Å²) in [7, 11) is 0. The van der Waals surface area contributed by atoms with Gasteiger partial charge in [0, 0.05) is 15.4 Å². The van der Waals surface area contributed by atoms with Gasteiger partial charge in [-0.3, -0.25) is 5.43 Å². The Labute approximate surface area is 135 Å². The summed E-state index contributed by atoms with van der Waals surface area (Å²) in [5.74, 6) is 0. The molecule has 3 rings (SSSR count). The quantitative estimate of drug-likeness (QED) is 0.525. The van der Waals surface area contributed by atoms with Gasteiger partial charge in [-0.15, -0.1) is 11.3 Å². The molecule has 5 heteroatoms. The van der Waals surface area contributed by atoms with Gasteiger partial charge in [0.1, 0.15) is 0 Å². The predicted molar refractivity (Wildman–Crippen MR) is 92.9 cm³/mol. The zero-order valence-corrected chi connectivity index (χ0v) is 13.4. The fourth-order valence-electron chi connectivity index (χ4n) is 1.78. The van der Waals surface area contributed by atoms with Crippen LogP contribution in [-0.2, 0) is 0 Å². The minimum absolute atomic E-state index is 0.780. The number of anilines is 1. The minimum atomic E-state index is 0.780. The molecule has 0 aliphatic rings. The van der Waals surface area contributed by atoms with Crippen molar-refractivity contribution in [2.45, 2.75) is 0 Å². The maximum absolute atomic E-state index is 4.51. The summed E-state index contributed by atoms with van der Waals surface area (Å²) < 4.78 is 1.06. The van der Waals surface area contributed by atoms with Crippen molar-refractivity contribution in [2.75, 3.05) is 5.43 Å². The summed E-state index contributed by atoms with van der Waals surface area (Å²) in [6.07, 6.45) is 1.77. The predicted octanol–water partition coefficient (Wildman–Crippen LogP) is 5.02. The SMILES string of the molecule is Brc1ccc(/C=N/Nc2nc(-c3ccccc3)cs2)cc1. The Morgan fingerprint density at radius 1 is 1.05 bits per heavy atom. The average molecular weight is 358 g/mol. The summed E-state index contributed by atoms with van der Waals surface area (Å²) in [6.45, 7) is 0. The summed E-state index contributed by atoms with van der Waals surface area (Å²) in [6, 6.07) is 18.1. The van der Waals surface area contributed by atoms with E-state index in [-0.39, 0.29) is 0 Å². The van der Waals surface area contributed by atoms with Gasteiger partial charge in [0.05, 0.1) is 11.9 Å². The van der Waals surface area contributed by atoms with E-state index in [0.717, 1.165) is 26.4 Å². The monoisotopic (exact) mass is 357 g/mol. The lowest BCUT2D eigenvalue weighted by Gasteiger charge is -1.96. The normalized spacial score (nSPS) is 10.9. The second kappa shape index (κ2) is 6.65. The molecule has 0 radical (unpaired) electrons. The highest BCUT2D eigenvalue weighted by atomic mass is 79.9. The van der Waals surface area contributed by atoms with E-state index >= 15 is 0 Å². The Bertz CT molecular complexity index is 736. The molecule has 0 saturated heterocycles. The van der Waals surface area contributed by atoms with Crippen LogP contribution in [0.25, 0.3) is 11.3 Å². The van der Waals surface area contributed by atoms with E-state index in [0.29, 0.717) is 0 Å². The van der Waals surface area contributed by atoms with Gasteiger partial charge < -0.3 is 0 Å². The van der Waals surface area contributed by atoms with Crippen LogP contribution in [0, 0.1) is 0 Å². The summed E-state index contributed by atoms with van der Waals surface area (Å²) in [5, 5.41) is 7.01. The molecular weight excluding hydrogens is 346 g/mol. The second-order valence-electron chi connectivity index (χ2n) is 4.33. The molecule has 0 bridgehead atoms. The van der Waals surface area contributed by atoms with Gasteiger partial charge in [0.25, 0.3) is 0 Å². The Kier molecular flexibility index (Phi) is 4.43. The highest BCUT2D eigenvalue weighted by Gasteiger charge is 2.02. The van der Waals surface area contributed by atoms with E-state index in [1.54, 1.807) is 6.21 Å². The largest absolute Gasteiger partial charge is 0.253 e. The van der Waals surface area contributed by atoms with Crippen LogP contribution >= 0.6 is 27.3 Å². The number of benzene rings is 2. The molecule has 0 unspecified atom stereocenters. The summed E-state index contributed by atoms with van der Waals surface area (Å²) in [4.78, 5) is 4.51. The van der Waals surface area contributed by atoms with E-state index in [1.165, 1.54) is 11.3 Å². The molecule has 0 aliphatic carbocycles. The molecule has 1 heterocycles. The Morgan fingerprint density at radius 3 is 2.57 bits per heavy atom. The third kappa shape index (κ3) is 3.77. The molecule has 3 aromatic rings. The Balaban J connectivity index is 1.66. The van der Waals surface area contributed by atoms with Crippen LogP contribution in [0.5, 0.6) is 0 Å². The number of hydrazone groups is 1. The minimum Gasteiger partial charge on any atom is -0.253 e. The number of nitrogens with zero attached hydrogens (tertiary/aromatic N) is 2. The van der Waals surface area contributed by atoms with Crippen LogP contribution in [0.4, 0.5) is 5.13 Å². The average Bonchev–Trinajstić information content (AvgIpc) is 2.99. The molecule has 21 heavy (non-hydrogen) atoms. The van der Waals surface area contributed by atoms with Gasteiger partial charge >= 0.3 is 0 Å². The van der Waals surface area contributed by atoms with Gasteiger partial charge in [-0.2, -0.15) is 5.10 Å². The lowest BCUT2D eigenvalue weighted by Crippen LogP contribution is -1.90. The van der Waals surface area contributed by atoms with Crippen molar-refractivity contribution in [3.8, 4) is 11.3 Å². The first-order valence-electron chi connectivity index (χ1n) is 6.37. The van der Waals surface area contributed by atoms with Crippen LogP contribution in [0.15, 0.2) is 69.6 Å². The molecule has 104 valence electrons. The van der Waals surface area contributed by atoms with E-state index in [9.17, 15) is 0 Å². The lowest BCUT2D eigenvalue weighted by molar-refractivity contribution is 1.29. The van der Waals surface area contributed by atoms with E-state index in [1.807, 2.05) is 60.0 Å². The highest BCUT2D eigenvalue weighted by molar-refractivity contribution is 9.10. The molecule has 0 spiro atoms. The van der Waals surface area contributed by atoms with Crippen LogP contribution in [-0.4, -0.2) is 11.2 Å². The standard InChI is InChI=1S/C16H12BrN3S/c17-14-8-6-12(7-9-14)10-18-20-16-19-15(11-21-16)13-4-2-1-3-5-13/h1-11H,(H,19,20)/b18-10+.